The molecule has 0 heterocycles. The molecule has 6 nitrogen and oxygen atoms in total. The topological polar surface area (TPSA) is 84.9 Å². The number of phenols is 1. The Morgan fingerprint density at radius 2 is 1.92 bits per heavy atom. The van der Waals surface area contributed by atoms with Gasteiger partial charge in [-0.25, -0.2) is 4.79 Å². The van der Waals surface area contributed by atoms with E-state index in [4.69, 9.17) is 21.1 Å². The molecule has 0 aliphatic heterocycles. The first-order chi connectivity index (χ1) is 11.8. The molecule has 1 atom stereocenters. The van der Waals surface area contributed by atoms with Crippen LogP contribution in [0.25, 0.3) is 0 Å². The molecule has 0 radical (unpaired) electrons. The molecule has 0 aromatic heterocycles. The monoisotopic (exact) mass is 363 g/mol. The molecule has 2 aromatic carbocycles. The number of methoxy groups -OCH3 is 1. The number of carbonyl (C=O) groups is 2. The number of anilines is 1. The van der Waals surface area contributed by atoms with E-state index in [2.05, 4.69) is 5.32 Å². The fourth-order valence-electron chi connectivity index (χ4n) is 2.10. The molecule has 0 aliphatic carbocycles. The lowest BCUT2D eigenvalue weighted by atomic mass is 10.1. The molecular weight excluding hydrogens is 346 g/mol. The molecular formula is C18H18ClNO5. The quantitative estimate of drug-likeness (QED) is 0.793. The van der Waals surface area contributed by atoms with Gasteiger partial charge in [-0.1, -0.05) is 23.2 Å². The third kappa shape index (κ3) is 4.64. The number of hydrogen-bond donors (Lipinski definition) is 2. The molecule has 2 aromatic rings. The lowest BCUT2D eigenvalue weighted by Crippen LogP contribution is -2.30. The second-order valence-electron chi connectivity index (χ2n) is 5.40. The van der Waals surface area contributed by atoms with Gasteiger partial charge in [0.05, 0.1) is 12.8 Å². The lowest BCUT2D eigenvalue weighted by Gasteiger charge is -2.16. The summed E-state index contributed by atoms with van der Waals surface area (Å²) in [6.07, 6.45) is -1.09. The van der Waals surface area contributed by atoms with Crippen molar-refractivity contribution < 1.29 is 24.2 Å². The molecule has 0 aliphatic rings. The number of halogens is 1. The summed E-state index contributed by atoms with van der Waals surface area (Å²) in [4.78, 5) is 24.4. The molecule has 0 unspecified atom stereocenters. The Morgan fingerprint density at radius 1 is 1.20 bits per heavy atom. The van der Waals surface area contributed by atoms with E-state index in [1.807, 2.05) is 0 Å². The van der Waals surface area contributed by atoms with Gasteiger partial charge in [-0.05, 0) is 44.2 Å². The van der Waals surface area contributed by atoms with E-state index in [9.17, 15) is 14.7 Å². The number of nitrogens with one attached hydrogen (secondary N) is 1. The SMILES string of the molecule is COc1ccc(Cl)cc1NC(=O)[C@H](C)OC(=O)c1cc(C)ccc1O. The Morgan fingerprint density at radius 3 is 2.60 bits per heavy atom. The minimum atomic E-state index is -1.09. The van der Waals surface area contributed by atoms with Crippen molar-refractivity contribution in [2.75, 3.05) is 12.4 Å². The van der Waals surface area contributed by atoms with Crippen LogP contribution in [0.3, 0.4) is 0 Å². The first-order valence-electron chi connectivity index (χ1n) is 7.47. The Kier molecular flexibility index (Phi) is 5.88. The maximum atomic E-state index is 12.3. The predicted octanol–water partition coefficient (Wildman–Crippen LogP) is 3.55. The van der Waals surface area contributed by atoms with Crippen LogP contribution in [-0.2, 0) is 9.53 Å². The standard InChI is InChI=1S/C18H18ClNO5/c1-10-4-6-15(21)13(8-10)18(23)25-11(2)17(22)20-14-9-12(19)5-7-16(14)24-3/h4-9,11,21H,1-3H3,(H,20,22)/t11-/m0/s1. The summed E-state index contributed by atoms with van der Waals surface area (Å²) in [5.74, 6) is -1.13. The fourth-order valence-corrected chi connectivity index (χ4v) is 2.28. The van der Waals surface area contributed by atoms with Gasteiger partial charge in [0.25, 0.3) is 5.91 Å². The summed E-state index contributed by atoms with van der Waals surface area (Å²) in [7, 11) is 1.46. The van der Waals surface area contributed by atoms with Crippen molar-refractivity contribution in [2.24, 2.45) is 0 Å². The number of amides is 1. The van der Waals surface area contributed by atoms with Crippen LogP contribution in [0, 0.1) is 6.92 Å². The van der Waals surface area contributed by atoms with Crippen LogP contribution in [0.4, 0.5) is 5.69 Å². The highest BCUT2D eigenvalue weighted by Crippen LogP contribution is 2.28. The molecule has 0 fully saturated rings. The minimum Gasteiger partial charge on any atom is -0.507 e. The summed E-state index contributed by atoms with van der Waals surface area (Å²) < 4.78 is 10.3. The van der Waals surface area contributed by atoms with Crippen molar-refractivity contribution in [3.63, 3.8) is 0 Å². The number of phenolic OH excluding ortho intramolecular Hbond substituents is 1. The van der Waals surface area contributed by atoms with E-state index >= 15 is 0 Å². The van der Waals surface area contributed by atoms with Crippen molar-refractivity contribution in [2.45, 2.75) is 20.0 Å². The zero-order chi connectivity index (χ0) is 18.6. The average molecular weight is 364 g/mol. The van der Waals surface area contributed by atoms with E-state index in [-0.39, 0.29) is 11.3 Å². The van der Waals surface area contributed by atoms with Gasteiger partial charge in [0.1, 0.15) is 17.1 Å². The predicted molar refractivity (Wildman–Crippen MR) is 94.4 cm³/mol. The van der Waals surface area contributed by atoms with E-state index in [1.54, 1.807) is 25.1 Å². The largest absolute Gasteiger partial charge is 0.507 e. The van der Waals surface area contributed by atoms with Crippen LogP contribution in [0.15, 0.2) is 36.4 Å². The maximum absolute atomic E-state index is 12.3. The highest BCUT2D eigenvalue weighted by Gasteiger charge is 2.22. The molecule has 0 saturated carbocycles. The van der Waals surface area contributed by atoms with Crippen LogP contribution in [0.5, 0.6) is 11.5 Å². The van der Waals surface area contributed by atoms with E-state index in [0.29, 0.717) is 16.5 Å². The molecule has 1 amide bonds. The van der Waals surface area contributed by atoms with E-state index < -0.39 is 18.0 Å². The number of aryl methyl sites for hydroxylation is 1. The molecule has 25 heavy (non-hydrogen) atoms. The Labute approximate surface area is 150 Å². The molecule has 0 spiro atoms. The van der Waals surface area contributed by atoms with Crippen molar-refractivity contribution in [3.8, 4) is 11.5 Å². The van der Waals surface area contributed by atoms with Crippen LogP contribution in [0.2, 0.25) is 5.02 Å². The Balaban J connectivity index is 2.09. The number of rotatable bonds is 5. The van der Waals surface area contributed by atoms with Crippen molar-refractivity contribution in [1.82, 2.24) is 0 Å². The summed E-state index contributed by atoms with van der Waals surface area (Å²) >= 11 is 5.91. The van der Waals surface area contributed by atoms with Crippen molar-refractivity contribution >= 4 is 29.2 Å². The number of carbonyl (C=O) groups excluding carboxylic acids is 2. The summed E-state index contributed by atoms with van der Waals surface area (Å²) in [5.41, 5.74) is 1.15. The van der Waals surface area contributed by atoms with Gasteiger partial charge >= 0.3 is 5.97 Å². The van der Waals surface area contributed by atoms with E-state index in [0.717, 1.165) is 5.56 Å². The number of hydrogen-bond acceptors (Lipinski definition) is 5. The summed E-state index contributed by atoms with van der Waals surface area (Å²) in [6.45, 7) is 3.20. The number of esters is 1. The highest BCUT2D eigenvalue weighted by molar-refractivity contribution is 6.31. The maximum Gasteiger partial charge on any atom is 0.342 e. The zero-order valence-electron chi connectivity index (χ0n) is 14.0. The van der Waals surface area contributed by atoms with Gasteiger partial charge < -0.3 is 19.9 Å². The first-order valence-corrected chi connectivity index (χ1v) is 7.84. The minimum absolute atomic E-state index is 0.0000129. The third-order valence-corrected chi connectivity index (χ3v) is 3.68. The van der Waals surface area contributed by atoms with Crippen molar-refractivity contribution in [1.29, 1.82) is 0 Å². The van der Waals surface area contributed by atoms with Crippen LogP contribution >= 0.6 is 11.6 Å². The molecule has 2 N–H and O–H groups in total. The molecule has 0 bridgehead atoms. The third-order valence-electron chi connectivity index (χ3n) is 3.44. The smallest absolute Gasteiger partial charge is 0.342 e. The second kappa shape index (κ2) is 7.90. The number of aromatic hydroxyl groups is 1. The zero-order valence-corrected chi connectivity index (χ0v) is 14.8. The summed E-state index contributed by atoms with van der Waals surface area (Å²) in [5, 5.41) is 12.8. The van der Waals surface area contributed by atoms with E-state index in [1.165, 1.54) is 32.2 Å². The number of benzene rings is 2. The van der Waals surface area contributed by atoms with Gasteiger partial charge in [0.2, 0.25) is 0 Å². The first kappa shape index (κ1) is 18.6. The van der Waals surface area contributed by atoms with Gasteiger partial charge in [-0.15, -0.1) is 0 Å². The van der Waals surface area contributed by atoms with Crippen LogP contribution in [0.1, 0.15) is 22.8 Å². The van der Waals surface area contributed by atoms with Gasteiger partial charge in [-0.2, -0.15) is 0 Å². The normalized spacial score (nSPS) is 11.5. The van der Waals surface area contributed by atoms with Gasteiger partial charge in [0, 0.05) is 5.02 Å². The average Bonchev–Trinajstić information content (AvgIpc) is 2.57. The summed E-state index contributed by atoms with van der Waals surface area (Å²) in [6, 6.07) is 9.31. The second-order valence-corrected chi connectivity index (χ2v) is 5.84. The molecule has 7 heteroatoms. The number of ether oxygens (including phenoxy) is 2. The van der Waals surface area contributed by atoms with Crippen LogP contribution in [-0.4, -0.2) is 30.2 Å². The highest BCUT2D eigenvalue weighted by atomic mass is 35.5. The van der Waals surface area contributed by atoms with Crippen molar-refractivity contribution in [3.05, 3.63) is 52.5 Å². The Hall–Kier alpha value is -2.73. The molecule has 132 valence electrons. The fraction of sp³-hybridized carbons (Fsp3) is 0.222. The van der Waals surface area contributed by atoms with Gasteiger partial charge in [-0.3, -0.25) is 4.79 Å². The lowest BCUT2D eigenvalue weighted by molar-refractivity contribution is -0.123. The molecule has 0 saturated heterocycles. The van der Waals surface area contributed by atoms with Gasteiger partial charge in [0.15, 0.2) is 6.10 Å². The molecule has 2 rings (SSSR count). The Bertz CT molecular complexity index is 806. The van der Waals surface area contributed by atoms with Crippen LogP contribution < -0.4 is 10.1 Å².